The first-order chi connectivity index (χ1) is 11.5. The fourth-order valence-corrected chi connectivity index (χ4v) is 3.74. The number of hydrogen-bond acceptors (Lipinski definition) is 2. The van der Waals surface area contributed by atoms with Crippen LogP contribution in [-0.4, -0.2) is 45.3 Å². The summed E-state index contributed by atoms with van der Waals surface area (Å²) in [5.41, 5.74) is 1.52. The molecule has 0 N–H and O–H groups in total. The van der Waals surface area contributed by atoms with Crippen molar-refractivity contribution in [3.05, 3.63) is 59.7 Å². The number of hydrogen-bond donors (Lipinski definition) is 0. The van der Waals surface area contributed by atoms with E-state index in [-0.39, 0.29) is 29.7 Å². The van der Waals surface area contributed by atoms with Crippen LogP contribution < -0.4 is 0 Å². The first-order valence-corrected chi connectivity index (χ1v) is 8.02. The van der Waals surface area contributed by atoms with Crippen LogP contribution in [0.4, 0.5) is 4.39 Å². The zero-order valence-electron chi connectivity index (χ0n) is 13.4. The summed E-state index contributed by atoms with van der Waals surface area (Å²) in [7, 11) is 0. The average Bonchev–Trinajstić information content (AvgIpc) is 3.19. The van der Waals surface area contributed by atoms with Crippen LogP contribution in [0.2, 0.25) is 0 Å². The molecule has 5 nitrogen and oxygen atoms in total. The van der Waals surface area contributed by atoms with Crippen molar-refractivity contribution in [2.45, 2.75) is 25.6 Å². The molecule has 6 heteroatoms. The maximum Gasteiger partial charge on any atom is 0.271 e. The van der Waals surface area contributed by atoms with Gasteiger partial charge in [0, 0.05) is 32.8 Å². The van der Waals surface area contributed by atoms with Crippen LogP contribution in [0.25, 0.3) is 0 Å². The normalized spacial score (nSPS) is 22.5. The third kappa shape index (κ3) is 2.29. The number of carbonyl (C=O) groups excluding carboxylic acids is 2. The van der Waals surface area contributed by atoms with Crippen LogP contribution in [0.5, 0.6) is 0 Å². The van der Waals surface area contributed by atoms with E-state index in [1.54, 1.807) is 24.0 Å². The maximum atomic E-state index is 13.1. The van der Waals surface area contributed by atoms with Gasteiger partial charge >= 0.3 is 0 Å². The second kappa shape index (κ2) is 5.47. The van der Waals surface area contributed by atoms with Gasteiger partial charge in [-0.25, -0.2) is 4.39 Å². The highest BCUT2D eigenvalue weighted by Gasteiger charge is 2.45. The molecule has 24 heavy (non-hydrogen) atoms. The molecule has 2 atom stereocenters. The van der Waals surface area contributed by atoms with Gasteiger partial charge in [-0.15, -0.1) is 0 Å². The van der Waals surface area contributed by atoms with E-state index < -0.39 is 0 Å². The van der Waals surface area contributed by atoms with Crippen LogP contribution >= 0.6 is 0 Å². The van der Waals surface area contributed by atoms with Gasteiger partial charge in [-0.1, -0.05) is 12.1 Å². The van der Waals surface area contributed by atoms with Crippen LogP contribution in [-0.2, 0) is 11.3 Å². The van der Waals surface area contributed by atoms with Gasteiger partial charge in [0.25, 0.3) is 5.91 Å². The van der Waals surface area contributed by atoms with Crippen molar-refractivity contribution in [2.24, 2.45) is 0 Å². The lowest BCUT2D eigenvalue weighted by molar-refractivity contribution is -0.128. The van der Waals surface area contributed by atoms with E-state index >= 15 is 0 Å². The minimum absolute atomic E-state index is 0.0206. The van der Waals surface area contributed by atoms with E-state index in [2.05, 4.69) is 0 Å². The number of amides is 2. The Hall–Kier alpha value is -2.63. The molecular formula is C18H18FN3O2. The molecule has 1 fully saturated rings. The van der Waals surface area contributed by atoms with Gasteiger partial charge in [0.2, 0.25) is 5.91 Å². The van der Waals surface area contributed by atoms with Crippen LogP contribution in [0, 0.1) is 5.82 Å². The van der Waals surface area contributed by atoms with E-state index in [0.29, 0.717) is 25.3 Å². The van der Waals surface area contributed by atoms with Gasteiger partial charge in [-0.3, -0.25) is 9.59 Å². The Bertz CT molecular complexity index is 799. The zero-order chi connectivity index (χ0) is 16.8. The van der Waals surface area contributed by atoms with Crippen molar-refractivity contribution >= 4 is 11.8 Å². The molecule has 0 unspecified atom stereocenters. The first-order valence-electron chi connectivity index (χ1n) is 8.02. The maximum absolute atomic E-state index is 13.1. The second-order valence-electron chi connectivity index (χ2n) is 6.42. The third-order valence-electron chi connectivity index (χ3n) is 4.99. The average molecular weight is 327 g/mol. The van der Waals surface area contributed by atoms with Gasteiger partial charge in [-0.2, -0.15) is 0 Å². The van der Waals surface area contributed by atoms with Crippen LogP contribution in [0.15, 0.2) is 42.6 Å². The Labute approximate surface area is 139 Å². The summed E-state index contributed by atoms with van der Waals surface area (Å²) in [5, 5.41) is 0. The predicted molar refractivity (Wildman–Crippen MR) is 85.8 cm³/mol. The number of fused-ring (bicyclic) bond motifs is 3. The van der Waals surface area contributed by atoms with E-state index in [1.165, 1.54) is 12.1 Å². The molecule has 2 amide bonds. The molecule has 0 saturated carbocycles. The zero-order valence-corrected chi connectivity index (χ0v) is 13.4. The standard InChI is InChI=1S/C18H18FN3O2/c1-12(23)20-10-16-17(11-20)22(9-13-4-6-14(19)7-5-13)18(24)15-3-2-8-21(15)16/h2-8,16-17H,9-11H2,1H3/t16-,17+/m1/s1. The number of aromatic nitrogens is 1. The van der Waals surface area contributed by atoms with E-state index in [4.69, 9.17) is 0 Å². The lowest BCUT2D eigenvalue weighted by atomic mass is 10.0. The lowest BCUT2D eigenvalue weighted by Gasteiger charge is -2.38. The molecule has 3 heterocycles. The Morgan fingerprint density at radius 3 is 2.58 bits per heavy atom. The van der Waals surface area contributed by atoms with Crippen molar-refractivity contribution < 1.29 is 14.0 Å². The highest BCUT2D eigenvalue weighted by molar-refractivity contribution is 5.94. The van der Waals surface area contributed by atoms with Gasteiger partial charge in [0.15, 0.2) is 0 Å². The van der Waals surface area contributed by atoms with E-state index in [1.807, 2.05) is 27.8 Å². The monoisotopic (exact) mass is 327 g/mol. The lowest BCUT2D eigenvalue weighted by Crippen LogP contribution is -2.49. The molecule has 2 aliphatic heterocycles. The number of benzene rings is 1. The molecule has 2 aromatic rings. The number of carbonyl (C=O) groups is 2. The summed E-state index contributed by atoms with van der Waals surface area (Å²) < 4.78 is 15.1. The Kier molecular flexibility index (Phi) is 3.40. The third-order valence-corrected chi connectivity index (χ3v) is 4.99. The molecule has 4 rings (SSSR count). The van der Waals surface area contributed by atoms with Gasteiger partial charge in [-0.05, 0) is 29.8 Å². The quantitative estimate of drug-likeness (QED) is 0.847. The molecule has 0 bridgehead atoms. The van der Waals surface area contributed by atoms with E-state index in [9.17, 15) is 14.0 Å². The number of likely N-dealkylation sites (tertiary alicyclic amines) is 1. The molecule has 0 radical (unpaired) electrons. The van der Waals surface area contributed by atoms with Crippen molar-refractivity contribution in [2.75, 3.05) is 13.1 Å². The topological polar surface area (TPSA) is 45.6 Å². The molecule has 1 saturated heterocycles. The Morgan fingerprint density at radius 2 is 1.88 bits per heavy atom. The fraction of sp³-hybridized carbons (Fsp3) is 0.333. The highest BCUT2D eigenvalue weighted by atomic mass is 19.1. The molecule has 1 aromatic carbocycles. The SMILES string of the molecule is CC(=O)N1C[C@@H]2[C@H](C1)N(Cc1ccc(F)cc1)C(=O)c1cccn12. The Balaban J connectivity index is 1.69. The Morgan fingerprint density at radius 1 is 1.17 bits per heavy atom. The van der Waals surface area contributed by atoms with Crippen molar-refractivity contribution in [1.29, 1.82) is 0 Å². The summed E-state index contributed by atoms with van der Waals surface area (Å²) in [6.45, 7) is 3.11. The van der Waals surface area contributed by atoms with Gasteiger partial charge in [0.05, 0.1) is 12.1 Å². The van der Waals surface area contributed by atoms with Crippen LogP contribution in [0.1, 0.15) is 29.0 Å². The number of halogens is 1. The first kappa shape index (κ1) is 14.9. The molecular weight excluding hydrogens is 309 g/mol. The fourth-order valence-electron chi connectivity index (χ4n) is 3.74. The molecule has 124 valence electrons. The van der Waals surface area contributed by atoms with Crippen LogP contribution in [0.3, 0.4) is 0 Å². The van der Waals surface area contributed by atoms with Gasteiger partial charge < -0.3 is 14.4 Å². The number of nitrogens with zero attached hydrogens (tertiary/aromatic N) is 3. The summed E-state index contributed by atoms with van der Waals surface area (Å²) in [5.74, 6) is -0.317. The van der Waals surface area contributed by atoms with Gasteiger partial charge in [0.1, 0.15) is 11.5 Å². The smallest absolute Gasteiger partial charge is 0.271 e. The molecule has 0 aliphatic carbocycles. The number of rotatable bonds is 2. The summed E-state index contributed by atoms with van der Waals surface area (Å²) in [4.78, 5) is 28.3. The molecule has 0 spiro atoms. The predicted octanol–water partition coefficient (Wildman–Crippen LogP) is 2.05. The minimum atomic E-state index is -0.293. The summed E-state index contributed by atoms with van der Waals surface area (Å²) in [6, 6.07) is 9.88. The molecule has 1 aromatic heterocycles. The van der Waals surface area contributed by atoms with E-state index in [0.717, 1.165) is 5.56 Å². The van der Waals surface area contributed by atoms with Crippen molar-refractivity contribution in [3.8, 4) is 0 Å². The minimum Gasteiger partial charge on any atom is -0.339 e. The summed E-state index contributed by atoms with van der Waals surface area (Å²) >= 11 is 0. The van der Waals surface area contributed by atoms with Crippen molar-refractivity contribution in [1.82, 2.24) is 14.4 Å². The highest BCUT2D eigenvalue weighted by Crippen LogP contribution is 2.34. The molecule has 2 aliphatic rings. The largest absolute Gasteiger partial charge is 0.339 e. The summed E-state index contributed by atoms with van der Waals surface area (Å²) in [6.07, 6.45) is 1.91. The second-order valence-corrected chi connectivity index (χ2v) is 6.42. The van der Waals surface area contributed by atoms with Crippen molar-refractivity contribution in [3.63, 3.8) is 0 Å².